The van der Waals surface area contributed by atoms with Gasteiger partial charge in [-0.25, -0.2) is 0 Å². The second kappa shape index (κ2) is 5.63. The molecule has 1 heterocycles. The van der Waals surface area contributed by atoms with Gasteiger partial charge in [0.2, 0.25) is 0 Å². The van der Waals surface area contributed by atoms with Crippen LogP contribution in [0.15, 0.2) is 18.2 Å². The molecule has 1 atom stereocenters. The lowest BCUT2D eigenvalue weighted by molar-refractivity contribution is -0.137. The molecule has 1 saturated heterocycles. The lowest BCUT2D eigenvalue weighted by Gasteiger charge is -2.29. The maximum absolute atomic E-state index is 13.1. The van der Waals surface area contributed by atoms with Crippen LogP contribution in [0.2, 0.25) is 0 Å². The van der Waals surface area contributed by atoms with E-state index in [0.717, 1.165) is 24.0 Å². The van der Waals surface area contributed by atoms with Gasteiger partial charge in [-0.15, -0.1) is 0 Å². The van der Waals surface area contributed by atoms with Crippen LogP contribution in [0.25, 0.3) is 0 Å². The number of aliphatic hydroxyl groups is 1. The zero-order valence-electron chi connectivity index (χ0n) is 10.6. The van der Waals surface area contributed by atoms with Crippen molar-refractivity contribution in [3.05, 3.63) is 29.3 Å². The fourth-order valence-corrected chi connectivity index (χ4v) is 3.51. The van der Waals surface area contributed by atoms with Gasteiger partial charge >= 0.3 is 6.18 Å². The highest BCUT2D eigenvalue weighted by Gasteiger charge is 2.36. The number of hydrogen-bond acceptors (Lipinski definition) is 3. The molecule has 2 nitrogen and oxygen atoms in total. The second-order valence-electron chi connectivity index (χ2n) is 4.64. The maximum atomic E-state index is 13.1. The fraction of sp³-hybridized carbons (Fsp3) is 0.538. The van der Waals surface area contributed by atoms with Gasteiger partial charge in [0.15, 0.2) is 0 Å². The molecule has 0 spiro atoms. The Hall–Kier alpha value is -0.880. The number of nitrogens with zero attached hydrogens (tertiary/aromatic N) is 1. The van der Waals surface area contributed by atoms with Crippen molar-refractivity contribution < 1.29 is 18.3 Å². The van der Waals surface area contributed by atoms with Gasteiger partial charge in [-0.3, -0.25) is 0 Å². The number of thioether (sulfide) groups is 1. The normalized spacial score (nSPS) is 19.7. The van der Waals surface area contributed by atoms with E-state index in [1.807, 2.05) is 0 Å². The molecule has 1 N–H and O–H groups in total. The summed E-state index contributed by atoms with van der Waals surface area (Å²) in [7, 11) is 1.71. The number of aliphatic hydroxyl groups excluding tert-OH is 1. The Labute approximate surface area is 114 Å². The van der Waals surface area contributed by atoms with Gasteiger partial charge in [0.25, 0.3) is 0 Å². The highest BCUT2D eigenvalue weighted by Crippen LogP contribution is 2.38. The quantitative estimate of drug-likeness (QED) is 0.925. The summed E-state index contributed by atoms with van der Waals surface area (Å²) in [5.74, 6) is 1.85. The van der Waals surface area contributed by atoms with Crippen molar-refractivity contribution in [1.29, 1.82) is 0 Å². The van der Waals surface area contributed by atoms with Crippen LogP contribution in [0, 0.1) is 0 Å². The molecule has 0 amide bonds. The van der Waals surface area contributed by atoms with E-state index < -0.39 is 11.7 Å². The smallest absolute Gasteiger partial charge is 0.392 e. The van der Waals surface area contributed by atoms with E-state index in [-0.39, 0.29) is 23.9 Å². The molecule has 0 radical (unpaired) electrons. The van der Waals surface area contributed by atoms with Gasteiger partial charge in [-0.05, 0) is 29.9 Å². The van der Waals surface area contributed by atoms with Crippen LogP contribution in [0.5, 0.6) is 0 Å². The van der Waals surface area contributed by atoms with E-state index in [2.05, 4.69) is 0 Å². The van der Waals surface area contributed by atoms with Gasteiger partial charge in [0.05, 0.1) is 12.2 Å². The van der Waals surface area contributed by atoms with Crippen molar-refractivity contribution in [1.82, 2.24) is 0 Å². The van der Waals surface area contributed by atoms with Gasteiger partial charge in [-0.1, -0.05) is 6.07 Å². The minimum Gasteiger partial charge on any atom is -0.392 e. The first-order valence-electron chi connectivity index (χ1n) is 6.05. The largest absolute Gasteiger partial charge is 0.418 e. The van der Waals surface area contributed by atoms with Gasteiger partial charge in [0, 0.05) is 24.5 Å². The molecule has 1 unspecified atom stereocenters. The van der Waals surface area contributed by atoms with Crippen LogP contribution in [-0.4, -0.2) is 29.7 Å². The summed E-state index contributed by atoms with van der Waals surface area (Å²) in [4.78, 5) is 1.71. The molecule has 0 bridgehead atoms. The van der Waals surface area contributed by atoms with E-state index in [0.29, 0.717) is 0 Å². The summed E-state index contributed by atoms with van der Waals surface area (Å²) in [5.41, 5.74) is -0.194. The van der Waals surface area contributed by atoms with E-state index >= 15 is 0 Å². The average molecular weight is 291 g/mol. The van der Waals surface area contributed by atoms with Crippen LogP contribution in [0.3, 0.4) is 0 Å². The molecule has 19 heavy (non-hydrogen) atoms. The number of rotatable bonds is 3. The van der Waals surface area contributed by atoms with E-state index in [1.54, 1.807) is 29.8 Å². The Kier molecular flexibility index (Phi) is 4.30. The first-order chi connectivity index (χ1) is 8.93. The number of alkyl halides is 3. The minimum absolute atomic E-state index is 0.145. The third kappa shape index (κ3) is 3.17. The monoisotopic (exact) mass is 291 g/mol. The lowest BCUT2D eigenvalue weighted by atomic mass is 10.1. The summed E-state index contributed by atoms with van der Waals surface area (Å²) in [6.07, 6.45) is -3.50. The zero-order chi connectivity index (χ0) is 14.0. The number of hydrogen-bond donors (Lipinski definition) is 1. The Morgan fingerprint density at radius 3 is 2.68 bits per heavy atom. The summed E-state index contributed by atoms with van der Waals surface area (Å²) in [6, 6.07) is 4.18. The molecule has 1 aromatic rings. The standard InChI is InChI=1S/C13H16F3NOS/c1-17(10-4-5-19-8-10)12-3-2-9(7-18)6-11(12)13(14,15)16/h2-3,6,10,18H,4-5,7-8H2,1H3. The molecule has 0 aliphatic carbocycles. The topological polar surface area (TPSA) is 23.5 Å². The number of anilines is 1. The van der Waals surface area contributed by atoms with E-state index in [1.165, 1.54) is 6.07 Å². The van der Waals surface area contributed by atoms with Crippen molar-refractivity contribution in [2.45, 2.75) is 25.2 Å². The summed E-state index contributed by atoms with van der Waals surface area (Å²) >= 11 is 1.76. The fourth-order valence-electron chi connectivity index (χ4n) is 2.24. The number of benzene rings is 1. The summed E-state index contributed by atoms with van der Waals surface area (Å²) in [6.45, 7) is -0.383. The molecule has 1 fully saturated rings. The van der Waals surface area contributed by atoms with Crippen LogP contribution >= 0.6 is 11.8 Å². The Balaban J connectivity index is 2.38. The van der Waals surface area contributed by atoms with Crippen LogP contribution in [-0.2, 0) is 12.8 Å². The summed E-state index contributed by atoms with van der Waals surface area (Å²) < 4.78 is 39.3. The second-order valence-corrected chi connectivity index (χ2v) is 5.79. The first-order valence-corrected chi connectivity index (χ1v) is 7.20. The SMILES string of the molecule is CN(c1ccc(CO)cc1C(F)(F)F)C1CCSC1. The Morgan fingerprint density at radius 2 is 2.16 bits per heavy atom. The lowest BCUT2D eigenvalue weighted by Crippen LogP contribution is -2.33. The van der Waals surface area contributed by atoms with Crippen LogP contribution in [0.1, 0.15) is 17.5 Å². The first kappa shape index (κ1) is 14.5. The zero-order valence-corrected chi connectivity index (χ0v) is 11.4. The van der Waals surface area contributed by atoms with Crippen molar-refractivity contribution in [3.8, 4) is 0 Å². The molecule has 0 aromatic heterocycles. The number of halogens is 3. The Bertz CT molecular complexity index is 444. The van der Waals surface area contributed by atoms with Crippen molar-refractivity contribution in [2.75, 3.05) is 23.5 Å². The predicted molar refractivity (Wildman–Crippen MR) is 71.5 cm³/mol. The Morgan fingerprint density at radius 1 is 1.42 bits per heavy atom. The highest BCUT2D eigenvalue weighted by molar-refractivity contribution is 7.99. The predicted octanol–water partition coefficient (Wildman–Crippen LogP) is 3.14. The van der Waals surface area contributed by atoms with Gasteiger partial charge in [-0.2, -0.15) is 24.9 Å². The molecule has 0 saturated carbocycles. The van der Waals surface area contributed by atoms with Crippen molar-refractivity contribution in [2.24, 2.45) is 0 Å². The van der Waals surface area contributed by atoms with E-state index in [4.69, 9.17) is 5.11 Å². The molecule has 1 aliphatic rings. The molecular weight excluding hydrogens is 275 g/mol. The molecule has 2 rings (SSSR count). The van der Waals surface area contributed by atoms with Gasteiger partial charge < -0.3 is 10.0 Å². The third-order valence-electron chi connectivity index (χ3n) is 3.38. The van der Waals surface area contributed by atoms with E-state index in [9.17, 15) is 13.2 Å². The average Bonchev–Trinajstić information content (AvgIpc) is 2.90. The van der Waals surface area contributed by atoms with Gasteiger partial charge in [0.1, 0.15) is 0 Å². The molecule has 1 aliphatic heterocycles. The van der Waals surface area contributed by atoms with Crippen molar-refractivity contribution >= 4 is 17.4 Å². The molecule has 106 valence electrons. The molecular formula is C13H16F3NOS. The van der Waals surface area contributed by atoms with Crippen molar-refractivity contribution in [3.63, 3.8) is 0 Å². The molecule has 6 heteroatoms. The minimum atomic E-state index is -4.40. The highest BCUT2D eigenvalue weighted by atomic mass is 32.2. The third-order valence-corrected chi connectivity index (χ3v) is 4.53. The van der Waals surface area contributed by atoms with Crippen LogP contribution in [0.4, 0.5) is 18.9 Å². The molecule has 1 aromatic carbocycles. The summed E-state index contributed by atoms with van der Waals surface area (Å²) in [5, 5.41) is 8.98. The maximum Gasteiger partial charge on any atom is 0.418 e. The van der Waals surface area contributed by atoms with Crippen LogP contribution < -0.4 is 4.90 Å².